The molecular weight excluding hydrogens is 255 g/mol. The highest BCUT2D eigenvalue weighted by atomic mass is 32.2. The zero-order valence-electron chi connectivity index (χ0n) is 11.0. The van der Waals surface area contributed by atoms with E-state index >= 15 is 0 Å². The summed E-state index contributed by atoms with van der Waals surface area (Å²) in [5.74, 6) is -0.452. The van der Waals surface area contributed by atoms with E-state index in [0.717, 1.165) is 0 Å². The molecule has 3 N–H and O–H groups in total. The van der Waals surface area contributed by atoms with Crippen molar-refractivity contribution in [1.29, 1.82) is 0 Å². The highest BCUT2D eigenvalue weighted by molar-refractivity contribution is 7.89. The lowest BCUT2D eigenvalue weighted by molar-refractivity contribution is 0.491. The maximum Gasteiger partial charge on any atom is 0.241 e. The molecule has 1 aromatic carbocycles. The maximum absolute atomic E-state index is 13.6. The van der Waals surface area contributed by atoms with Crippen molar-refractivity contribution in [2.75, 3.05) is 0 Å². The smallest absolute Gasteiger partial charge is 0.241 e. The van der Waals surface area contributed by atoms with Crippen molar-refractivity contribution in [3.05, 3.63) is 29.1 Å². The van der Waals surface area contributed by atoms with E-state index in [1.54, 1.807) is 20.8 Å². The fourth-order valence-corrected chi connectivity index (χ4v) is 3.13. The van der Waals surface area contributed by atoms with Crippen molar-refractivity contribution in [2.45, 2.75) is 44.7 Å². The van der Waals surface area contributed by atoms with Crippen LogP contribution in [-0.2, 0) is 16.6 Å². The van der Waals surface area contributed by atoms with Gasteiger partial charge in [0.2, 0.25) is 10.0 Å². The van der Waals surface area contributed by atoms with Gasteiger partial charge >= 0.3 is 0 Å². The number of hydrogen-bond donors (Lipinski definition) is 2. The fraction of sp³-hybridized carbons (Fsp3) is 0.500. The Morgan fingerprint density at radius 1 is 1.33 bits per heavy atom. The summed E-state index contributed by atoms with van der Waals surface area (Å²) < 4.78 is 40.3. The summed E-state index contributed by atoms with van der Waals surface area (Å²) in [5.41, 5.74) is 5.28. The molecule has 1 rings (SSSR count). The van der Waals surface area contributed by atoms with Gasteiger partial charge in [0.15, 0.2) is 0 Å². The summed E-state index contributed by atoms with van der Waals surface area (Å²) in [6.45, 7) is 6.70. The van der Waals surface area contributed by atoms with Gasteiger partial charge in [0.1, 0.15) is 5.82 Å². The van der Waals surface area contributed by atoms with E-state index in [9.17, 15) is 12.8 Å². The molecule has 0 heterocycles. The van der Waals surface area contributed by atoms with Crippen molar-refractivity contribution in [3.63, 3.8) is 0 Å². The van der Waals surface area contributed by atoms with Gasteiger partial charge in [-0.2, -0.15) is 0 Å². The molecule has 0 bridgehead atoms. The van der Waals surface area contributed by atoms with Crippen molar-refractivity contribution in [2.24, 2.45) is 5.73 Å². The lowest BCUT2D eigenvalue weighted by Crippen LogP contribution is -2.40. The van der Waals surface area contributed by atoms with E-state index in [0.29, 0.717) is 0 Å². The second-order valence-electron chi connectivity index (χ2n) is 5.27. The number of halogens is 1. The minimum Gasteiger partial charge on any atom is -0.326 e. The minimum absolute atomic E-state index is 0.0362. The van der Waals surface area contributed by atoms with Crippen LogP contribution in [0.5, 0.6) is 0 Å². The third kappa shape index (κ3) is 3.51. The molecule has 0 aliphatic rings. The largest absolute Gasteiger partial charge is 0.326 e. The van der Waals surface area contributed by atoms with Crippen LogP contribution in [-0.4, -0.2) is 14.0 Å². The van der Waals surface area contributed by atoms with Crippen LogP contribution in [0.15, 0.2) is 17.0 Å². The molecule has 0 aromatic heterocycles. The van der Waals surface area contributed by atoms with E-state index in [2.05, 4.69) is 4.72 Å². The van der Waals surface area contributed by atoms with Crippen LogP contribution in [0, 0.1) is 12.7 Å². The molecular formula is C12H19FN2O2S. The van der Waals surface area contributed by atoms with Crippen molar-refractivity contribution in [1.82, 2.24) is 4.72 Å². The van der Waals surface area contributed by atoms with Gasteiger partial charge < -0.3 is 5.73 Å². The SMILES string of the molecule is Cc1cc(S(=O)(=O)NC(C)(C)C)cc(CN)c1F. The molecule has 0 aliphatic carbocycles. The number of nitrogens with two attached hydrogens (primary N) is 1. The summed E-state index contributed by atoms with van der Waals surface area (Å²) in [7, 11) is -3.66. The highest BCUT2D eigenvalue weighted by Gasteiger charge is 2.23. The van der Waals surface area contributed by atoms with Crippen LogP contribution in [0.1, 0.15) is 31.9 Å². The average molecular weight is 274 g/mol. The Morgan fingerprint density at radius 2 is 1.89 bits per heavy atom. The Hall–Kier alpha value is -0.980. The molecule has 0 radical (unpaired) electrons. The predicted molar refractivity (Wildman–Crippen MR) is 69.1 cm³/mol. The summed E-state index contributed by atoms with van der Waals surface area (Å²) in [5, 5.41) is 0. The number of nitrogens with one attached hydrogen (secondary N) is 1. The average Bonchev–Trinajstić information content (AvgIpc) is 2.18. The molecule has 0 spiro atoms. The topological polar surface area (TPSA) is 72.2 Å². The first kappa shape index (κ1) is 15.1. The molecule has 1 aromatic rings. The zero-order valence-corrected chi connectivity index (χ0v) is 11.9. The third-order valence-electron chi connectivity index (χ3n) is 2.27. The molecule has 18 heavy (non-hydrogen) atoms. The van der Waals surface area contributed by atoms with Gasteiger partial charge in [-0.25, -0.2) is 17.5 Å². The van der Waals surface area contributed by atoms with E-state index in [1.807, 2.05) is 0 Å². The normalized spacial score (nSPS) is 12.8. The quantitative estimate of drug-likeness (QED) is 0.880. The van der Waals surface area contributed by atoms with E-state index < -0.39 is 21.4 Å². The van der Waals surface area contributed by atoms with Crippen molar-refractivity contribution in [3.8, 4) is 0 Å². The maximum atomic E-state index is 13.6. The van der Waals surface area contributed by atoms with Crippen LogP contribution >= 0.6 is 0 Å². The molecule has 4 nitrogen and oxygen atoms in total. The first-order chi connectivity index (χ1) is 8.07. The Balaban J connectivity index is 3.30. The third-order valence-corrected chi connectivity index (χ3v) is 4.01. The first-order valence-corrected chi connectivity index (χ1v) is 7.08. The van der Waals surface area contributed by atoms with Gasteiger partial charge in [0, 0.05) is 17.6 Å². The van der Waals surface area contributed by atoms with Crippen molar-refractivity contribution < 1.29 is 12.8 Å². The van der Waals surface area contributed by atoms with E-state index in [4.69, 9.17) is 5.73 Å². The van der Waals surface area contributed by atoms with Gasteiger partial charge in [-0.3, -0.25) is 0 Å². The molecule has 102 valence electrons. The van der Waals surface area contributed by atoms with Crippen LogP contribution < -0.4 is 10.5 Å². The molecule has 6 heteroatoms. The Morgan fingerprint density at radius 3 is 2.33 bits per heavy atom. The monoisotopic (exact) mass is 274 g/mol. The Bertz CT molecular complexity index is 548. The molecule has 0 amide bonds. The summed E-state index contributed by atoms with van der Waals surface area (Å²) >= 11 is 0. The van der Waals surface area contributed by atoms with Gasteiger partial charge in [-0.1, -0.05) is 0 Å². The standard InChI is InChI=1S/C12H19FN2O2S/c1-8-5-10(6-9(7-14)11(8)13)18(16,17)15-12(2,3)4/h5-6,15H,7,14H2,1-4H3. The molecule has 0 aliphatic heterocycles. The Labute approximate surface area is 107 Å². The second kappa shape index (κ2) is 4.95. The van der Waals surface area contributed by atoms with Gasteiger partial charge in [-0.05, 0) is 45.4 Å². The summed E-state index contributed by atoms with van der Waals surface area (Å²) in [6, 6.07) is 2.58. The highest BCUT2D eigenvalue weighted by Crippen LogP contribution is 2.20. The van der Waals surface area contributed by atoms with Crippen LogP contribution in [0.3, 0.4) is 0 Å². The van der Waals surface area contributed by atoms with Crippen molar-refractivity contribution >= 4 is 10.0 Å². The first-order valence-electron chi connectivity index (χ1n) is 5.60. The van der Waals surface area contributed by atoms with E-state index in [1.165, 1.54) is 19.1 Å². The van der Waals surface area contributed by atoms with Crippen LogP contribution in [0.25, 0.3) is 0 Å². The lowest BCUT2D eigenvalue weighted by atomic mass is 10.1. The molecule has 0 saturated carbocycles. The Kier molecular flexibility index (Phi) is 4.15. The lowest BCUT2D eigenvalue weighted by Gasteiger charge is -2.21. The second-order valence-corrected chi connectivity index (χ2v) is 6.96. The van der Waals surface area contributed by atoms with Gasteiger partial charge in [0.25, 0.3) is 0 Å². The predicted octanol–water partition coefficient (Wildman–Crippen LogP) is 1.67. The van der Waals surface area contributed by atoms with E-state index in [-0.39, 0.29) is 22.6 Å². The number of hydrogen-bond acceptors (Lipinski definition) is 3. The zero-order chi connectivity index (χ0) is 14.1. The van der Waals surface area contributed by atoms with Gasteiger partial charge in [-0.15, -0.1) is 0 Å². The number of benzene rings is 1. The molecule has 0 atom stereocenters. The van der Waals surface area contributed by atoms with Crippen LogP contribution in [0.4, 0.5) is 4.39 Å². The molecule has 0 saturated heterocycles. The van der Waals surface area contributed by atoms with Crippen LogP contribution in [0.2, 0.25) is 0 Å². The fourth-order valence-electron chi connectivity index (χ4n) is 1.57. The molecule has 0 unspecified atom stereocenters. The summed E-state index contributed by atoms with van der Waals surface area (Å²) in [4.78, 5) is 0.0387. The number of rotatable bonds is 3. The van der Waals surface area contributed by atoms with Gasteiger partial charge in [0.05, 0.1) is 4.90 Å². The number of aryl methyl sites for hydroxylation is 1. The summed E-state index contributed by atoms with van der Waals surface area (Å²) in [6.07, 6.45) is 0. The molecule has 0 fully saturated rings. The number of sulfonamides is 1. The minimum atomic E-state index is -3.66.